The van der Waals surface area contributed by atoms with Gasteiger partial charge in [-0.15, -0.1) is 0 Å². The zero-order chi connectivity index (χ0) is 16.5. The summed E-state index contributed by atoms with van der Waals surface area (Å²) in [5.74, 6) is 0.883. The second-order valence-electron chi connectivity index (χ2n) is 6.14. The maximum Gasteiger partial charge on any atom is 0.257 e. The molecule has 0 saturated carbocycles. The van der Waals surface area contributed by atoms with Crippen LogP contribution in [0.5, 0.6) is 0 Å². The van der Waals surface area contributed by atoms with Gasteiger partial charge in [-0.2, -0.15) is 0 Å². The predicted octanol–water partition coefficient (Wildman–Crippen LogP) is 5.65. The molecule has 5 heteroatoms. The van der Waals surface area contributed by atoms with Crippen molar-refractivity contribution >= 4 is 18.0 Å². The quantitative estimate of drug-likeness (QED) is 0.431. The van der Waals surface area contributed by atoms with E-state index in [4.69, 9.17) is 4.52 Å². The van der Waals surface area contributed by atoms with Crippen molar-refractivity contribution in [2.24, 2.45) is 0 Å². The first-order valence-electron chi connectivity index (χ1n) is 8.47. The van der Waals surface area contributed by atoms with Crippen LogP contribution in [0.3, 0.4) is 0 Å². The summed E-state index contributed by atoms with van der Waals surface area (Å²) in [7, 11) is 0. The van der Waals surface area contributed by atoms with Crippen LogP contribution in [0, 0.1) is 0 Å². The maximum atomic E-state index is 13.0. The van der Waals surface area contributed by atoms with Gasteiger partial charge in [-0.3, -0.25) is 9.46 Å². The SMILES string of the molecule is CCCP(=O)(OC(CC)CC)SCCN(C(C)C)C(C)C. The van der Waals surface area contributed by atoms with E-state index in [-0.39, 0.29) is 6.10 Å². The molecule has 0 spiro atoms. The van der Waals surface area contributed by atoms with Crippen LogP contribution in [-0.2, 0) is 9.09 Å². The molecule has 0 aliphatic heterocycles. The van der Waals surface area contributed by atoms with Crippen LogP contribution < -0.4 is 0 Å². The minimum Gasteiger partial charge on any atom is -0.318 e. The van der Waals surface area contributed by atoms with Crippen LogP contribution in [0.4, 0.5) is 0 Å². The van der Waals surface area contributed by atoms with Crippen LogP contribution in [0.1, 0.15) is 67.7 Å². The molecule has 1 atom stereocenters. The minimum atomic E-state index is -2.54. The Morgan fingerprint density at radius 1 is 1.05 bits per heavy atom. The van der Waals surface area contributed by atoms with Crippen LogP contribution >= 0.6 is 18.0 Å². The van der Waals surface area contributed by atoms with E-state index in [1.165, 1.54) is 0 Å². The van der Waals surface area contributed by atoms with Crippen LogP contribution in [-0.4, -0.2) is 41.5 Å². The Morgan fingerprint density at radius 3 is 1.95 bits per heavy atom. The molecule has 0 aromatic rings. The summed E-state index contributed by atoms with van der Waals surface area (Å²) in [4.78, 5) is 2.44. The lowest BCUT2D eigenvalue weighted by molar-refractivity contribution is 0.187. The summed E-state index contributed by atoms with van der Waals surface area (Å²) < 4.78 is 19.0. The van der Waals surface area contributed by atoms with Crippen molar-refractivity contribution in [3.63, 3.8) is 0 Å². The third-order valence-electron chi connectivity index (χ3n) is 3.68. The van der Waals surface area contributed by atoms with Crippen molar-refractivity contribution in [2.75, 3.05) is 18.5 Å². The highest BCUT2D eigenvalue weighted by molar-refractivity contribution is 8.56. The van der Waals surface area contributed by atoms with Gasteiger partial charge in [-0.25, -0.2) is 0 Å². The normalized spacial score (nSPS) is 15.4. The molecule has 0 amide bonds. The smallest absolute Gasteiger partial charge is 0.257 e. The van der Waals surface area contributed by atoms with Crippen LogP contribution in [0.25, 0.3) is 0 Å². The van der Waals surface area contributed by atoms with Crippen LogP contribution in [0.15, 0.2) is 0 Å². The molecule has 0 radical (unpaired) electrons. The van der Waals surface area contributed by atoms with Crippen LogP contribution in [0.2, 0.25) is 0 Å². The zero-order valence-corrected chi connectivity index (χ0v) is 16.8. The Hall–Kier alpha value is 0.500. The van der Waals surface area contributed by atoms with E-state index < -0.39 is 6.57 Å². The number of hydrogen-bond donors (Lipinski definition) is 0. The fourth-order valence-corrected chi connectivity index (χ4v) is 7.21. The van der Waals surface area contributed by atoms with Crippen molar-refractivity contribution in [1.82, 2.24) is 4.90 Å². The molecule has 3 nitrogen and oxygen atoms in total. The minimum absolute atomic E-state index is 0.140. The monoisotopic (exact) mass is 337 g/mol. The third-order valence-corrected chi connectivity index (χ3v) is 8.59. The number of rotatable bonds is 12. The molecule has 0 fully saturated rings. The Bertz CT molecular complexity index is 299. The summed E-state index contributed by atoms with van der Waals surface area (Å²) in [5.41, 5.74) is 0. The molecule has 128 valence electrons. The van der Waals surface area contributed by atoms with Gasteiger partial charge in [0.2, 0.25) is 0 Å². The molecular formula is C16H36NO2PS. The molecule has 0 bridgehead atoms. The summed E-state index contributed by atoms with van der Waals surface area (Å²) in [6.45, 7) is 13.6. The highest BCUT2D eigenvalue weighted by atomic mass is 32.7. The Kier molecular flexibility index (Phi) is 11.4. The fraction of sp³-hybridized carbons (Fsp3) is 1.00. The van der Waals surface area contributed by atoms with E-state index in [2.05, 4.69) is 53.4 Å². The van der Waals surface area contributed by atoms with Crippen molar-refractivity contribution in [2.45, 2.75) is 85.9 Å². The van der Waals surface area contributed by atoms with E-state index in [1.807, 2.05) is 0 Å². The average molecular weight is 338 g/mol. The van der Waals surface area contributed by atoms with E-state index in [0.717, 1.165) is 31.6 Å². The van der Waals surface area contributed by atoms with Crippen molar-refractivity contribution in [1.29, 1.82) is 0 Å². The number of nitrogens with zero attached hydrogens (tertiary/aromatic N) is 1. The van der Waals surface area contributed by atoms with E-state index >= 15 is 0 Å². The Morgan fingerprint density at radius 2 is 1.57 bits per heavy atom. The highest BCUT2D eigenvalue weighted by Crippen LogP contribution is 2.61. The van der Waals surface area contributed by atoms with Gasteiger partial charge in [0.1, 0.15) is 0 Å². The van der Waals surface area contributed by atoms with Gasteiger partial charge in [-0.05, 0) is 47.0 Å². The molecule has 0 aromatic heterocycles. The molecule has 0 aromatic carbocycles. The fourth-order valence-electron chi connectivity index (χ4n) is 2.48. The summed E-state index contributed by atoms with van der Waals surface area (Å²) >= 11 is 1.56. The second kappa shape index (κ2) is 11.1. The average Bonchev–Trinajstić information content (AvgIpc) is 2.40. The number of hydrogen-bond acceptors (Lipinski definition) is 4. The molecule has 0 aliphatic rings. The standard InChI is InChI=1S/C16H36NO2PS/c1-8-12-20(18,19-16(9-2)10-3)21-13-11-17(14(4)5)15(6)7/h14-16H,8-13H2,1-7H3. The molecule has 1 unspecified atom stereocenters. The van der Waals surface area contributed by atoms with Gasteiger partial charge in [0.05, 0.1) is 6.10 Å². The molecule has 0 heterocycles. The lowest BCUT2D eigenvalue weighted by Crippen LogP contribution is -2.38. The van der Waals surface area contributed by atoms with E-state index in [0.29, 0.717) is 18.2 Å². The lowest BCUT2D eigenvalue weighted by Gasteiger charge is -2.31. The van der Waals surface area contributed by atoms with Gasteiger partial charge in [0.15, 0.2) is 0 Å². The summed E-state index contributed by atoms with van der Waals surface area (Å²) in [6, 6.07) is 1.05. The first-order chi connectivity index (χ1) is 9.79. The van der Waals surface area contributed by atoms with Gasteiger partial charge < -0.3 is 4.52 Å². The first kappa shape index (κ1) is 21.5. The second-order valence-corrected chi connectivity index (χ2v) is 11.1. The van der Waals surface area contributed by atoms with Crippen molar-refractivity contribution < 1.29 is 9.09 Å². The van der Waals surface area contributed by atoms with Gasteiger partial charge in [-0.1, -0.05) is 32.2 Å². The van der Waals surface area contributed by atoms with Crippen molar-refractivity contribution in [3.8, 4) is 0 Å². The van der Waals surface area contributed by atoms with Gasteiger partial charge in [0.25, 0.3) is 6.57 Å². The molecular weight excluding hydrogens is 301 g/mol. The predicted molar refractivity (Wildman–Crippen MR) is 97.7 cm³/mol. The lowest BCUT2D eigenvalue weighted by atomic mass is 10.2. The van der Waals surface area contributed by atoms with E-state index in [1.54, 1.807) is 11.4 Å². The van der Waals surface area contributed by atoms with Gasteiger partial charge in [0, 0.05) is 30.5 Å². The third kappa shape index (κ3) is 8.64. The van der Waals surface area contributed by atoms with Crippen molar-refractivity contribution in [3.05, 3.63) is 0 Å². The van der Waals surface area contributed by atoms with E-state index in [9.17, 15) is 4.57 Å². The Labute approximate surface area is 136 Å². The molecule has 21 heavy (non-hydrogen) atoms. The first-order valence-corrected chi connectivity index (χ1v) is 11.9. The molecule has 0 rings (SSSR count). The topological polar surface area (TPSA) is 29.5 Å². The summed E-state index contributed by atoms with van der Waals surface area (Å²) in [6.07, 6.45) is 3.63. The largest absolute Gasteiger partial charge is 0.318 e. The zero-order valence-electron chi connectivity index (χ0n) is 15.1. The highest BCUT2D eigenvalue weighted by Gasteiger charge is 2.26. The molecule has 0 aliphatic carbocycles. The Balaban J connectivity index is 4.53. The molecule has 0 saturated heterocycles. The maximum absolute atomic E-state index is 13.0. The molecule has 0 N–H and O–H groups in total. The summed E-state index contributed by atoms with van der Waals surface area (Å²) in [5, 5.41) is 0. The van der Waals surface area contributed by atoms with Gasteiger partial charge >= 0.3 is 0 Å².